The lowest BCUT2D eigenvalue weighted by Crippen LogP contribution is -2.15. The molecule has 0 aliphatic carbocycles. The molecule has 1 rings (SSSR count). The molecule has 2 N–H and O–H groups in total. The van der Waals surface area contributed by atoms with Gasteiger partial charge in [-0.05, 0) is 25.5 Å². The van der Waals surface area contributed by atoms with E-state index in [1.165, 1.54) is 6.07 Å². The largest absolute Gasteiger partial charge is 0.351 e. The van der Waals surface area contributed by atoms with Crippen LogP contribution in [0.1, 0.15) is 25.2 Å². The zero-order chi connectivity index (χ0) is 15.3. The minimum Gasteiger partial charge on any atom is -0.314 e. The van der Waals surface area contributed by atoms with E-state index in [1.807, 2.05) is 0 Å². The van der Waals surface area contributed by atoms with Crippen molar-refractivity contribution >= 4 is 13.3 Å². The van der Waals surface area contributed by atoms with Crippen molar-refractivity contribution in [2.75, 3.05) is 13.2 Å². The number of nitrogens with zero attached hydrogens (tertiary/aromatic N) is 1. The van der Waals surface area contributed by atoms with Crippen molar-refractivity contribution in [3.8, 4) is 0 Å². The Hall–Kier alpha value is -1.34. The van der Waals surface area contributed by atoms with Gasteiger partial charge in [-0.25, -0.2) is 0 Å². The normalized spacial score (nSPS) is 13.2. The first-order valence-electron chi connectivity index (χ1n) is 5.94. The van der Waals surface area contributed by atoms with Crippen LogP contribution in [0, 0.1) is 15.9 Å². The van der Waals surface area contributed by atoms with Crippen molar-refractivity contribution < 1.29 is 22.9 Å². The molecule has 0 fully saturated rings. The van der Waals surface area contributed by atoms with Gasteiger partial charge in [-0.1, -0.05) is 6.07 Å². The summed E-state index contributed by atoms with van der Waals surface area (Å²) >= 11 is 0. The second-order valence-electron chi connectivity index (χ2n) is 3.79. The summed E-state index contributed by atoms with van der Waals surface area (Å²) in [5.74, 6) is -2.21. The second kappa shape index (κ2) is 6.90. The van der Waals surface area contributed by atoms with Gasteiger partial charge in [0.15, 0.2) is 0 Å². The molecule has 0 spiro atoms. The van der Waals surface area contributed by atoms with E-state index >= 15 is 0 Å². The molecular formula is C11H16FN2O5P. The van der Waals surface area contributed by atoms with E-state index in [9.17, 15) is 19.1 Å². The first-order chi connectivity index (χ1) is 9.35. The summed E-state index contributed by atoms with van der Waals surface area (Å²) in [5, 5.41) is 10.7. The number of nitrogens with two attached hydrogens (primary N) is 1. The van der Waals surface area contributed by atoms with E-state index in [4.69, 9.17) is 14.8 Å². The van der Waals surface area contributed by atoms with Crippen LogP contribution in [-0.2, 0) is 13.6 Å². The Morgan fingerprint density at radius 2 is 1.95 bits per heavy atom. The van der Waals surface area contributed by atoms with Crippen LogP contribution < -0.4 is 5.73 Å². The van der Waals surface area contributed by atoms with Gasteiger partial charge in [0.25, 0.3) is 0 Å². The van der Waals surface area contributed by atoms with E-state index in [2.05, 4.69) is 0 Å². The summed E-state index contributed by atoms with van der Waals surface area (Å²) in [6.07, 6.45) is 0. The molecule has 20 heavy (non-hydrogen) atoms. The molecule has 0 aliphatic rings. The molecule has 1 aromatic carbocycles. The maximum atomic E-state index is 13.3. The van der Waals surface area contributed by atoms with E-state index in [-0.39, 0.29) is 18.8 Å². The summed E-state index contributed by atoms with van der Waals surface area (Å²) in [6, 6.07) is 3.05. The lowest BCUT2D eigenvalue weighted by atomic mass is 10.2. The number of nitro groups is 1. The predicted octanol–water partition coefficient (Wildman–Crippen LogP) is 2.96. The zero-order valence-corrected chi connectivity index (χ0v) is 12.0. The van der Waals surface area contributed by atoms with Gasteiger partial charge in [0.05, 0.1) is 18.1 Å². The van der Waals surface area contributed by atoms with Gasteiger partial charge in [0.2, 0.25) is 5.82 Å². The number of nitro benzene ring substituents is 1. The van der Waals surface area contributed by atoms with E-state index in [0.29, 0.717) is 0 Å². The monoisotopic (exact) mass is 306 g/mol. The van der Waals surface area contributed by atoms with Crippen molar-refractivity contribution in [3.63, 3.8) is 0 Å². The van der Waals surface area contributed by atoms with Crippen LogP contribution in [0.15, 0.2) is 18.2 Å². The van der Waals surface area contributed by atoms with E-state index < -0.39 is 29.8 Å². The molecule has 0 unspecified atom stereocenters. The molecule has 0 aromatic heterocycles. The van der Waals surface area contributed by atoms with Gasteiger partial charge in [-0.15, -0.1) is 0 Å². The maximum absolute atomic E-state index is 13.3. The molecule has 0 saturated heterocycles. The molecule has 0 heterocycles. The summed E-state index contributed by atoms with van der Waals surface area (Å²) in [6.45, 7) is 3.44. The summed E-state index contributed by atoms with van der Waals surface area (Å²) < 4.78 is 35.8. The van der Waals surface area contributed by atoms with Crippen LogP contribution >= 0.6 is 7.60 Å². The predicted molar refractivity (Wildman–Crippen MR) is 70.8 cm³/mol. The fraction of sp³-hybridized carbons (Fsp3) is 0.455. The Labute approximate surface area is 115 Å². The maximum Gasteiger partial charge on any atom is 0.351 e. The van der Waals surface area contributed by atoms with Gasteiger partial charge in [0, 0.05) is 6.07 Å². The van der Waals surface area contributed by atoms with Gasteiger partial charge in [-0.2, -0.15) is 4.39 Å². The van der Waals surface area contributed by atoms with Gasteiger partial charge >= 0.3 is 13.3 Å². The number of hydrogen-bond donors (Lipinski definition) is 1. The lowest BCUT2D eigenvalue weighted by molar-refractivity contribution is -0.387. The fourth-order valence-corrected chi connectivity index (χ4v) is 3.24. The van der Waals surface area contributed by atoms with Gasteiger partial charge in [-0.3, -0.25) is 14.7 Å². The molecule has 0 aliphatic heterocycles. The first-order valence-corrected chi connectivity index (χ1v) is 7.55. The van der Waals surface area contributed by atoms with Crippen LogP contribution in [0.5, 0.6) is 0 Å². The molecule has 0 radical (unpaired) electrons. The Bertz CT molecular complexity index is 530. The van der Waals surface area contributed by atoms with Crippen LogP contribution in [0.2, 0.25) is 0 Å². The minimum atomic E-state index is -3.66. The molecular weight excluding hydrogens is 290 g/mol. The minimum absolute atomic E-state index is 0.105. The third kappa shape index (κ3) is 3.61. The second-order valence-corrected chi connectivity index (χ2v) is 5.94. The van der Waals surface area contributed by atoms with Crippen molar-refractivity contribution in [2.24, 2.45) is 5.73 Å². The zero-order valence-electron chi connectivity index (χ0n) is 11.1. The highest BCUT2D eigenvalue weighted by molar-refractivity contribution is 7.54. The molecule has 0 amide bonds. The lowest BCUT2D eigenvalue weighted by Gasteiger charge is -2.23. The number of hydrogen-bond acceptors (Lipinski definition) is 6. The number of benzene rings is 1. The van der Waals surface area contributed by atoms with Crippen LogP contribution in [0.25, 0.3) is 0 Å². The Kier molecular flexibility index (Phi) is 5.76. The van der Waals surface area contributed by atoms with Crippen LogP contribution in [0.4, 0.5) is 10.1 Å². The van der Waals surface area contributed by atoms with Gasteiger partial charge in [0.1, 0.15) is 5.78 Å². The van der Waals surface area contributed by atoms with Crippen molar-refractivity contribution in [1.82, 2.24) is 0 Å². The van der Waals surface area contributed by atoms with Crippen LogP contribution in [-0.4, -0.2) is 18.1 Å². The molecule has 0 bridgehead atoms. The summed E-state index contributed by atoms with van der Waals surface area (Å²) in [5.41, 5.74) is 5.18. The third-order valence-corrected chi connectivity index (χ3v) is 4.68. The first kappa shape index (κ1) is 16.7. The van der Waals surface area contributed by atoms with Gasteiger partial charge < -0.3 is 14.8 Å². The highest BCUT2D eigenvalue weighted by atomic mass is 31.2. The van der Waals surface area contributed by atoms with Crippen molar-refractivity contribution in [2.45, 2.75) is 19.6 Å². The molecule has 112 valence electrons. The third-order valence-electron chi connectivity index (χ3n) is 2.47. The molecule has 1 atom stereocenters. The number of rotatable bonds is 7. The summed E-state index contributed by atoms with van der Waals surface area (Å²) in [7, 11) is -3.66. The van der Waals surface area contributed by atoms with Crippen LogP contribution in [0.3, 0.4) is 0 Å². The smallest absolute Gasteiger partial charge is 0.314 e. The average molecular weight is 306 g/mol. The Morgan fingerprint density at radius 1 is 1.40 bits per heavy atom. The fourth-order valence-electron chi connectivity index (χ4n) is 1.59. The highest BCUT2D eigenvalue weighted by Crippen LogP contribution is 2.58. The molecule has 0 saturated carbocycles. The Balaban J connectivity index is 3.18. The van der Waals surface area contributed by atoms with Crippen molar-refractivity contribution in [1.29, 1.82) is 0 Å². The molecule has 1 aromatic rings. The Morgan fingerprint density at radius 3 is 2.40 bits per heavy atom. The van der Waals surface area contributed by atoms with E-state index in [0.717, 1.165) is 12.1 Å². The highest BCUT2D eigenvalue weighted by Gasteiger charge is 2.35. The average Bonchev–Trinajstić information content (AvgIpc) is 2.38. The number of halogens is 1. The SMILES string of the molecule is CCOP(=O)(OCC)[C@H](N)c1ccc(F)c([N+](=O)[O-])c1. The standard InChI is InChI=1S/C11H16FN2O5P/c1-3-18-20(17,19-4-2)11(13)8-5-6-9(12)10(7-8)14(15)16/h5-7,11H,3-4,13H2,1-2H3/t11-/m0/s1. The molecule has 7 nitrogen and oxygen atoms in total. The topological polar surface area (TPSA) is 105 Å². The molecule has 9 heteroatoms. The summed E-state index contributed by atoms with van der Waals surface area (Å²) in [4.78, 5) is 9.81. The van der Waals surface area contributed by atoms with Crippen molar-refractivity contribution in [3.05, 3.63) is 39.7 Å². The quantitative estimate of drug-likeness (QED) is 0.471. The van der Waals surface area contributed by atoms with E-state index in [1.54, 1.807) is 13.8 Å².